The van der Waals surface area contributed by atoms with Crippen LogP contribution in [0.25, 0.3) is 5.82 Å². The zero-order chi connectivity index (χ0) is 16.8. The summed E-state index contributed by atoms with van der Waals surface area (Å²) in [7, 11) is 0. The van der Waals surface area contributed by atoms with Gasteiger partial charge in [0.1, 0.15) is 23.8 Å². The molecule has 3 rings (SSSR count). The molecule has 0 aliphatic rings. The van der Waals surface area contributed by atoms with E-state index in [0.29, 0.717) is 24.5 Å². The maximum atomic E-state index is 11.9. The molecule has 122 valence electrons. The number of carbonyl (C=O) groups is 1. The number of hydrogen-bond acceptors (Lipinski definition) is 5. The zero-order valence-corrected chi connectivity index (χ0v) is 13.3. The lowest BCUT2D eigenvalue weighted by Gasteiger charge is -2.09. The van der Waals surface area contributed by atoms with Crippen LogP contribution in [-0.2, 0) is 0 Å². The van der Waals surface area contributed by atoms with E-state index in [9.17, 15) is 4.79 Å². The van der Waals surface area contributed by atoms with Crippen molar-refractivity contribution < 1.29 is 4.79 Å². The monoisotopic (exact) mass is 322 g/mol. The van der Waals surface area contributed by atoms with Crippen LogP contribution in [0.15, 0.2) is 55.1 Å². The van der Waals surface area contributed by atoms with Crippen LogP contribution in [0.4, 0.5) is 5.82 Å². The quantitative estimate of drug-likeness (QED) is 0.676. The third kappa shape index (κ3) is 3.75. The van der Waals surface area contributed by atoms with Gasteiger partial charge in [0.15, 0.2) is 0 Å². The summed E-state index contributed by atoms with van der Waals surface area (Å²) in [5.41, 5.74) is 0.650. The molecule has 0 spiro atoms. The van der Waals surface area contributed by atoms with Gasteiger partial charge in [-0.1, -0.05) is 18.2 Å². The van der Waals surface area contributed by atoms with E-state index < -0.39 is 0 Å². The normalized spacial score (nSPS) is 10.4. The Balaban J connectivity index is 1.52. The first-order chi connectivity index (χ1) is 11.7. The topological polar surface area (TPSA) is 84.7 Å². The molecule has 7 nitrogen and oxygen atoms in total. The Morgan fingerprint density at radius 2 is 1.96 bits per heavy atom. The third-order valence-electron chi connectivity index (χ3n) is 3.48. The van der Waals surface area contributed by atoms with Gasteiger partial charge in [-0.15, -0.1) is 0 Å². The van der Waals surface area contributed by atoms with Crippen molar-refractivity contribution in [1.29, 1.82) is 0 Å². The molecule has 0 aliphatic carbocycles. The Bertz CT molecular complexity index is 815. The summed E-state index contributed by atoms with van der Waals surface area (Å²) < 4.78 is 1.88. The molecule has 0 fully saturated rings. The average molecular weight is 322 g/mol. The molecule has 1 amide bonds. The minimum absolute atomic E-state index is 0.0881. The highest BCUT2D eigenvalue weighted by Gasteiger charge is 2.05. The van der Waals surface area contributed by atoms with Crippen LogP contribution in [0.3, 0.4) is 0 Å². The Kier molecular flexibility index (Phi) is 4.81. The van der Waals surface area contributed by atoms with Crippen LogP contribution in [0, 0.1) is 6.92 Å². The standard InChI is InChI=1S/C17H18N6O/c1-13-18-9-10-23(13)16-11-15(21-12-22-16)19-7-8-20-17(24)14-5-3-2-4-6-14/h2-6,9-12H,7-8H2,1H3,(H,20,24)(H,19,21,22). The molecule has 0 unspecified atom stereocenters. The van der Waals surface area contributed by atoms with E-state index in [1.54, 1.807) is 18.3 Å². The van der Waals surface area contributed by atoms with Gasteiger partial charge in [-0.2, -0.15) is 0 Å². The lowest BCUT2D eigenvalue weighted by molar-refractivity contribution is 0.0955. The van der Waals surface area contributed by atoms with Crippen LogP contribution in [0.5, 0.6) is 0 Å². The van der Waals surface area contributed by atoms with Crippen molar-refractivity contribution in [3.63, 3.8) is 0 Å². The molecule has 3 aromatic rings. The molecule has 2 N–H and O–H groups in total. The van der Waals surface area contributed by atoms with Crippen molar-refractivity contribution >= 4 is 11.7 Å². The van der Waals surface area contributed by atoms with Crippen molar-refractivity contribution in [2.45, 2.75) is 6.92 Å². The predicted molar refractivity (Wildman–Crippen MR) is 91.2 cm³/mol. The van der Waals surface area contributed by atoms with Crippen LogP contribution in [-0.4, -0.2) is 38.5 Å². The Hall–Kier alpha value is -3.22. The van der Waals surface area contributed by atoms with E-state index in [4.69, 9.17) is 0 Å². The smallest absolute Gasteiger partial charge is 0.251 e. The molecular formula is C17H18N6O. The SMILES string of the molecule is Cc1nccn1-c1cc(NCCNC(=O)c2ccccc2)ncn1. The molecule has 0 saturated carbocycles. The summed E-state index contributed by atoms with van der Waals surface area (Å²) in [5.74, 6) is 2.21. The van der Waals surface area contributed by atoms with E-state index in [1.807, 2.05) is 42.0 Å². The van der Waals surface area contributed by atoms with E-state index in [2.05, 4.69) is 25.6 Å². The van der Waals surface area contributed by atoms with Gasteiger partial charge < -0.3 is 10.6 Å². The van der Waals surface area contributed by atoms with Crippen molar-refractivity contribution in [2.24, 2.45) is 0 Å². The highest BCUT2D eigenvalue weighted by Crippen LogP contribution is 2.10. The molecule has 1 aromatic carbocycles. The third-order valence-corrected chi connectivity index (χ3v) is 3.48. The van der Waals surface area contributed by atoms with Gasteiger partial charge >= 0.3 is 0 Å². The van der Waals surface area contributed by atoms with Crippen LogP contribution in [0.1, 0.15) is 16.2 Å². The second-order valence-electron chi connectivity index (χ2n) is 5.15. The number of rotatable bonds is 6. The highest BCUT2D eigenvalue weighted by molar-refractivity contribution is 5.94. The molecular weight excluding hydrogens is 304 g/mol. The number of nitrogens with zero attached hydrogens (tertiary/aromatic N) is 4. The van der Waals surface area contributed by atoms with Crippen LogP contribution in [0.2, 0.25) is 0 Å². The van der Waals surface area contributed by atoms with Crippen molar-refractivity contribution in [3.05, 3.63) is 66.5 Å². The number of imidazole rings is 1. The molecule has 2 heterocycles. The van der Waals surface area contributed by atoms with Crippen molar-refractivity contribution in [2.75, 3.05) is 18.4 Å². The largest absolute Gasteiger partial charge is 0.368 e. The summed E-state index contributed by atoms with van der Waals surface area (Å²) in [5, 5.41) is 6.03. The second-order valence-corrected chi connectivity index (χ2v) is 5.15. The summed E-state index contributed by atoms with van der Waals surface area (Å²) in [6, 6.07) is 11.0. The van der Waals surface area contributed by atoms with Gasteiger partial charge in [0.25, 0.3) is 5.91 Å². The van der Waals surface area contributed by atoms with E-state index in [0.717, 1.165) is 11.6 Å². The van der Waals surface area contributed by atoms with E-state index >= 15 is 0 Å². The number of nitrogens with one attached hydrogen (secondary N) is 2. The molecule has 0 radical (unpaired) electrons. The number of benzene rings is 1. The minimum Gasteiger partial charge on any atom is -0.368 e. The molecule has 2 aromatic heterocycles. The van der Waals surface area contributed by atoms with Gasteiger partial charge in [0, 0.05) is 37.1 Å². The summed E-state index contributed by atoms with van der Waals surface area (Å²) in [6.45, 7) is 2.98. The Labute approximate surface area is 139 Å². The Morgan fingerprint density at radius 1 is 1.12 bits per heavy atom. The van der Waals surface area contributed by atoms with Gasteiger partial charge in [-0.3, -0.25) is 9.36 Å². The Morgan fingerprint density at radius 3 is 2.71 bits per heavy atom. The fourth-order valence-electron chi connectivity index (χ4n) is 2.25. The summed E-state index contributed by atoms with van der Waals surface area (Å²) in [4.78, 5) is 24.5. The first kappa shape index (κ1) is 15.7. The lowest BCUT2D eigenvalue weighted by atomic mass is 10.2. The number of carbonyl (C=O) groups excluding carboxylic acids is 1. The zero-order valence-electron chi connectivity index (χ0n) is 13.3. The predicted octanol–water partition coefficient (Wildman–Crippen LogP) is 1.81. The maximum absolute atomic E-state index is 11.9. The molecule has 24 heavy (non-hydrogen) atoms. The maximum Gasteiger partial charge on any atom is 0.251 e. The van der Waals surface area contributed by atoms with E-state index in [-0.39, 0.29) is 5.91 Å². The average Bonchev–Trinajstić information content (AvgIpc) is 3.05. The fraction of sp³-hybridized carbons (Fsp3) is 0.176. The first-order valence-corrected chi connectivity index (χ1v) is 7.63. The van der Waals surface area contributed by atoms with Crippen LogP contribution >= 0.6 is 0 Å². The fourth-order valence-corrected chi connectivity index (χ4v) is 2.25. The highest BCUT2D eigenvalue weighted by atomic mass is 16.1. The van der Waals surface area contributed by atoms with Gasteiger partial charge in [-0.25, -0.2) is 15.0 Å². The summed E-state index contributed by atoms with van der Waals surface area (Å²) >= 11 is 0. The number of hydrogen-bond donors (Lipinski definition) is 2. The molecule has 0 aliphatic heterocycles. The number of aryl methyl sites for hydroxylation is 1. The van der Waals surface area contributed by atoms with Gasteiger partial charge in [0.05, 0.1) is 0 Å². The van der Waals surface area contributed by atoms with Crippen molar-refractivity contribution in [3.8, 4) is 5.82 Å². The number of aromatic nitrogens is 4. The number of amides is 1. The van der Waals surface area contributed by atoms with Crippen molar-refractivity contribution in [1.82, 2.24) is 24.8 Å². The molecule has 0 atom stereocenters. The molecule has 0 bridgehead atoms. The van der Waals surface area contributed by atoms with E-state index in [1.165, 1.54) is 6.33 Å². The summed E-state index contributed by atoms with van der Waals surface area (Å²) in [6.07, 6.45) is 5.07. The van der Waals surface area contributed by atoms with Crippen LogP contribution < -0.4 is 10.6 Å². The minimum atomic E-state index is -0.0881. The molecule has 7 heteroatoms. The lowest BCUT2D eigenvalue weighted by Crippen LogP contribution is -2.28. The first-order valence-electron chi connectivity index (χ1n) is 7.63. The van der Waals surface area contributed by atoms with Gasteiger partial charge in [-0.05, 0) is 19.1 Å². The molecule has 0 saturated heterocycles. The van der Waals surface area contributed by atoms with Gasteiger partial charge in [0.2, 0.25) is 0 Å². The second kappa shape index (κ2) is 7.36. The number of anilines is 1.